The molecular weight excluding hydrogens is 409 g/mol. The first-order chi connectivity index (χ1) is 15.7. The molecule has 1 aliphatic rings. The predicted octanol–water partition coefficient (Wildman–Crippen LogP) is 6.99. The van der Waals surface area contributed by atoms with Crippen LogP contribution in [0, 0.1) is 0 Å². The van der Waals surface area contributed by atoms with Crippen LogP contribution >= 0.6 is 8.58 Å². The fourth-order valence-corrected chi connectivity index (χ4v) is 6.81. The van der Waals surface area contributed by atoms with Gasteiger partial charge < -0.3 is 10.0 Å². The van der Waals surface area contributed by atoms with E-state index in [0.717, 1.165) is 43.5 Å². The molecule has 1 atom stereocenters. The van der Waals surface area contributed by atoms with E-state index in [1.165, 1.54) is 35.8 Å². The third kappa shape index (κ3) is 4.86. The van der Waals surface area contributed by atoms with Gasteiger partial charge in [0.1, 0.15) is 5.75 Å². The maximum absolute atomic E-state index is 11.4. The number of para-hydroxylation sites is 2. The smallest absolute Gasteiger partial charge is 0.123 e. The van der Waals surface area contributed by atoms with Crippen molar-refractivity contribution in [2.75, 3.05) is 18.0 Å². The predicted molar refractivity (Wildman–Crippen MR) is 140 cm³/mol. The van der Waals surface area contributed by atoms with Crippen molar-refractivity contribution in [2.24, 2.45) is 0 Å². The molecule has 168 valence electrons. The van der Waals surface area contributed by atoms with Crippen LogP contribution in [0.5, 0.6) is 5.75 Å². The quantitative estimate of drug-likeness (QED) is 0.378. The second-order valence-electron chi connectivity index (χ2n) is 8.95. The molecule has 1 heterocycles. The third-order valence-electron chi connectivity index (χ3n) is 7.05. The van der Waals surface area contributed by atoms with Gasteiger partial charge in [-0.2, -0.15) is 0 Å². The fourth-order valence-electron chi connectivity index (χ4n) is 5.06. The van der Waals surface area contributed by atoms with Crippen LogP contribution in [0.15, 0.2) is 72.8 Å². The Bertz CT molecular complexity index is 1010. The topological polar surface area (TPSA) is 23.5 Å². The summed E-state index contributed by atoms with van der Waals surface area (Å²) < 4.78 is 0. The molecule has 0 radical (unpaired) electrons. The summed E-state index contributed by atoms with van der Waals surface area (Å²) in [5.41, 5.74) is 4.77. The van der Waals surface area contributed by atoms with Crippen molar-refractivity contribution < 1.29 is 5.11 Å². The summed E-state index contributed by atoms with van der Waals surface area (Å²) in [6.45, 7) is 6.88. The molecular formula is C29H36NOP. The van der Waals surface area contributed by atoms with Gasteiger partial charge in [-0.1, -0.05) is 89.2 Å². The van der Waals surface area contributed by atoms with Gasteiger partial charge in [-0.15, -0.1) is 0 Å². The Hall–Kier alpha value is -2.31. The number of piperidine rings is 1. The van der Waals surface area contributed by atoms with Crippen molar-refractivity contribution in [1.82, 2.24) is 0 Å². The Balaban J connectivity index is 1.69. The highest BCUT2D eigenvalue weighted by atomic mass is 31.1. The minimum Gasteiger partial charge on any atom is -0.507 e. The molecule has 0 bridgehead atoms. The van der Waals surface area contributed by atoms with Crippen LogP contribution in [0.3, 0.4) is 0 Å². The molecule has 3 heteroatoms. The lowest BCUT2D eigenvalue weighted by Gasteiger charge is -2.36. The first-order valence-corrected chi connectivity index (χ1v) is 13.1. The van der Waals surface area contributed by atoms with Crippen LogP contribution in [0.2, 0.25) is 0 Å². The highest BCUT2D eigenvalue weighted by Gasteiger charge is 2.33. The fraction of sp³-hybridized carbons (Fsp3) is 0.379. The second-order valence-corrected chi connectivity index (χ2v) is 10.7. The zero-order valence-electron chi connectivity index (χ0n) is 19.5. The second kappa shape index (κ2) is 10.5. The molecule has 1 saturated heterocycles. The number of nitrogens with zero attached hydrogens (tertiary/aromatic N) is 1. The van der Waals surface area contributed by atoms with Gasteiger partial charge in [0, 0.05) is 35.9 Å². The molecule has 32 heavy (non-hydrogen) atoms. The zero-order chi connectivity index (χ0) is 22.4. The van der Waals surface area contributed by atoms with Crippen LogP contribution in [0.4, 0.5) is 5.69 Å². The maximum atomic E-state index is 11.4. The summed E-state index contributed by atoms with van der Waals surface area (Å²) in [6.07, 6.45) is 6.70. The summed E-state index contributed by atoms with van der Waals surface area (Å²) >= 11 is 0. The van der Waals surface area contributed by atoms with Gasteiger partial charge in [0.25, 0.3) is 0 Å². The normalized spacial score (nSPS) is 14.9. The summed E-state index contributed by atoms with van der Waals surface area (Å²) in [5, 5.41) is 12.8. The van der Waals surface area contributed by atoms with Crippen molar-refractivity contribution in [3.05, 3.63) is 89.5 Å². The van der Waals surface area contributed by atoms with Crippen molar-refractivity contribution >= 4 is 19.6 Å². The molecule has 0 aliphatic carbocycles. The summed E-state index contributed by atoms with van der Waals surface area (Å²) in [5.74, 6) is 0.489. The number of rotatable bonds is 8. The van der Waals surface area contributed by atoms with E-state index < -0.39 is 0 Å². The molecule has 0 spiro atoms. The Morgan fingerprint density at radius 2 is 1.50 bits per heavy atom. The lowest BCUT2D eigenvalue weighted by molar-refractivity contribution is 0.443. The SMILES string of the molecule is CCC(CC)(Pc1ccccc1N1CCCCC1)c1cccc(Cc2ccccc2)c1O. The van der Waals surface area contributed by atoms with Crippen LogP contribution < -0.4 is 10.2 Å². The standard InChI is InChI=1S/C29H36NOP/c1-3-29(4-2,32-27-19-10-9-18-26(27)30-20-11-6-12-21-30)25-17-13-16-24(28(25)31)22-23-14-7-5-8-15-23/h5,7-10,13-19,31-32H,3-4,6,11-12,20-22H2,1-2H3. The van der Waals surface area contributed by atoms with E-state index in [1.54, 1.807) is 0 Å². The van der Waals surface area contributed by atoms with Gasteiger partial charge in [-0.05, 0) is 54.6 Å². The molecule has 3 aromatic carbocycles. The van der Waals surface area contributed by atoms with Crippen LogP contribution in [0.1, 0.15) is 62.6 Å². The highest BCUT2D eigenvalue weighted by Crippen LogP contribution is 2.51. The number of aromatic hydroxyl groups is 1. The summed E-state index contributed by atoms with van der Waals surface area (Å²) in [6, 6.07) is 25.8. The molecule has 1 N–H and O–H groups in total. The van der Waals surface area contributed by atoms with Gasteiger partial charge in [0.2, 0.25) is 0 Å². The van der Waals surface area contributed by atoms with E-state index in [4.69, 9.17) is 0 Å². The van der Waals surface area contributed by atoms with Crippen LogP contribution in [0.25, 0.3) is 0 Å². The van der Waals surface area contributed by atoms with E-state index in [1.807, 2.05) is 6.07 Å². The third-order valence-corrected chi connectivity index (χ3v) is 9.20. The maximum Gasteiger partial charge on any atom is 0.123 e. The lowest BCUT2D eigenvalue weighted by Crippen LogP contribution is -2.33. The van der Waals surface area contributed by atoms with E-state index in [9.17, 15) is 5.11 Å². The van der Waals surface area contributed by atoms with Crippen LogP contribution in [-0.2, 0) is 11.6 Å². The molecule has 1 fully saturated rings. The number of hydrogen-bond donors (Lipinski definition) is 1. The van der Waals surface area contributed by atoms with Crippen molar-refractivity contribution in [3.63, 3.8) is 0 Å². The molecule has 2 nitrogen and oxygen atoms in total. The molecule has 1 aliphatic heterocycles. The number of phenolic OH excluding ortho intramolecular Hbond substituents is 1. The van der Waals surface area contributed by atoms with Crippen LogP contribution in [-0.4, -0.2) is 18.2 Å². The number of phenols is 1. The van der Waals surface area contributed by atoms with E-state index >= 15 is 0 Å². The Morgan fingerprint density at radius 1 is 0.812 bits per heavy atom. The lowest BCUT2D eigenvalue weighted by atomic mass is 9.89. The van der Waals surface area contributed by atoms with E-state index in [-0.39, 0.29) is 5.16 Å². The van der Waals surface area contributed by atoms with Gasteiger partial charge in [-0.25, -0.2) is 0 Å². The van der Waals surface area contributed by atoms with E-state index in [0.29, 0.717) is 14.3 Å². The van der Waals surface area contributed by atoms with Crippen molar-refractivity contribution in [2.45, 2.75) is 57.5 Å². The largest absolute Gasteiger partial charge is 0.507 e. The highest BCUT2D eigenvalue weighted by molar-refractivity contribution is 7.49. The number of hydrogen-bond acceptors (Lipinski definition) is 2. The van der Waals surface area contributed by atoms with Gasteiger partial charge >= 0.3 is 0 Å². The molecule has 1 unspecified atom stereocenters. The summed E-state index contributed by atoms with van der Waals surface area (Å²) in [4.78, 5) is 2.58. The van der Waals surface area contributed by atoms with Gasteiger partial charge in [-0.3, -0.25) is 0 Å². The molecule has 0 saturated carbocycles. The Labute approximate surface area is 195 Å². The van der Waals surface area contributed by atoms with E-state index in [2.05, 4.69) is 85.5 Å². The average molecular weight is 446 g/mol. The Morgan fingerprint density at radius 3 is 2.22 bits per heavy atom. The number of benzene rings is 3. The first kappa shape index (κ1) is 22.9. The average Bonchev–Trinajstić information content (AvgIpc) is 2.85. The summed E-state index contributed by atoms with van der Waals surface area (Å²) in [7, 11) is 0.626. The van der Waals surface area contributed by atoms with Crippen molar-refractivity contribution in [3.8, 4) is 5.75 Å². The van der Waals surface area contributed by atoms with Gasteiger partial charge in [0.15, 0.2) is 0 Å². The monoisotopic (exact) mass is 445 g/mol. The molecule has 0 aromatic heterocycles. The van der Waals surface area contributed by atoms with Gasteiger partial charge in [0.05, 0.1) is 0 Å². The zero-order valence-corrected chi connectivity index (χ0v) is 20.5. The Kier molecular flexibility index (Phi) is 7.53. The minimum atomic E-state index is -0.0529. The number of anilines is 1. The molecule has 4 rings (SSSR count). The molecule has 0 amide bonds. The van der Waals surface area contributed by atoms with Crippen molar-refractivity contribution in [1.29, 1.82) is 0 Å². The first-order valence-electron chi connectivity index (χ1n) is 12.1. The molecule has 3 aromatic rings. The minimum absolute atomic E-state index is 0.0529.